The van der Waals surface area contributed by atoms with Crippen molar-refractivity contribution in [3.8, 4) is 0 Å². The lowest BCUT2D eigenvalue weighted by molar-refractivity contribution is -0.135. The molecule has 0 bridgehead atoms. The molecule has 1 aliphatic rings. The summed E-state index contributed by atoms with van der Waals surface area (Å²) in [7, 11) is 0. The summed E-state index contributed by atoms with van der Waals surface area (Å²) in [6.45, 7) is 8.21. The zero-order chi connectivity index (χ0) is 25.5. The highest BCUT2D eigenvalue weighted by atomic mass is 16.5. The topological polar surface area (TPSA) is 111 Å². The van der Waals surface area contributed by atoms with Crippen LogP contribution in [0.5, 0.6) is 0 Å². The van der Waals surface area contributed by atoms with Crippen LogP contribution in [0.15, 0.2) is 60.7 Å². The molecule has 2 atom stereocenters. The van der Waals surface area contributed by atoms with Gasteiger partial charge in [-0.05, 0) is 30.5 Å². The molecule has 0 radical (unpaired) electrons. The van der Waals surface area contributed by atoms with E-state index in [-0.39, 0.29) is 6.41 Å². The predicted molar refractivity (Wildman–Crippen MR) is 136 cm³/mol. The summed E-state index contributed by atoms with van der Waals surface area (Å²) in [5.74, 6) is -0.855. The van der Waals surface area contributed by atoms with Gasteiger partial charge in [-0.3, -0.25) is 19.7 Å². The maximum Gasteiger partial charge on any atom is 0.268 e. The molecule has 2 aromatic rings. The van der Waals surface area contributed by atoms with Gasteiger partial charge in [-0.2, -0.15) is 0 Å². The van der Waals surface area contributed by atoms with Crippen molar-refractivity contribution in [2.24, 2.45) is 0 Å². The van der Waals surface area contributed by atoms with Crippen molar-refractivity contribution in [3.05, 3.63) is 82.9 Å². The standard InChI is InChI=1S/C22H25NO.C5H10N2O4/c1-19-6-8-20(9-7-19)4-2-3-5-21-10-12-22(13-11-21)18-23-14-16-24-17-15-23;1-3(9)4(6-2-8)5(10)7-11/h2-13H,14-18H2,1H3;2-4,9,11H,1H3,(H,6,8)(H,7,10)/b4-2+,5-3+;. The van der Waals surface area contributed by atoms with Crippen LogP contribution >= 0.6 is 0 Å². The summed E-state index contributed by atoms with van der Waals surface area (Å²) >= 11 is 0. The number of aryl methyl sites for hydroxylation is 1. The number of hydroxylamine groups is 1. The van der Waals surface area contributed by atoms with Crippen molar-refractivity contribution in [2.75, 3.05) is 26.3 Å². The van der Waals surface area contributed by atoms with Crippen LogP contribution in [0, 0.1) is 6.92 Å². The highest BCUT2D eigenvalue weighted by Gasteiger charge is 2.21. The molecule has 2 aromatic carbocycles. The first-order valence-electron chi connectivity index (χ1n) is 11.5. The summed E-state index contributed by atoms with van der Waals surface area (Å²) < 4.78 is 5.39. The fourth-order valence-corrected chi connectivity index (χ4v) is 3.34. The van der Waals surface area contributed by atoms with Crippen LogP contribution in [0.3, 0.4) is 0 Å². The first-order valence-corrected chi connectivity index (χ1v) is 11.5. The normalized spacial score (nSPS) is 15.8. The molecule has 1 fully saturated rings. The van der Waals surface area contributed by atoms with Crippen LogP contribution in [-0.2, 0) is 20.9 Å². The van der Waals surface area contributed by atoms with E-state index in [4.69, 9.17) is 15.1 Å². The second kappa shape index (κ2) is 15.6. The number of nitrogens with one attached hydrogen (secondary N) is 2. The minimum Gasteiger partial charge on any atom is -0.391 e. The van der Waals surface area contributed by atoms with Gasteiger partial charge in [0.15, 0.2) is 0 Å². The summed E-state index contributed by atoms with van der Waals surface area (Å²) in [5, 5.41) is 19.0. The van der Waals surface area contributed by atoms with Gasteiger partial charge in [0.25, 0.3) is 5.91 Å². The van der Waals surface area contributed by atoms with Gasteiger partial charge < -0.3 is 15.2 Å². The van der Waals surface area contributed by atoms with E-state index in [1.807, 2.05) is 5.32 Å². The lowest BCUT2D eigenvalue weighted by Crippen LogP contribution is -2.49. The van der Waals surface area contributed by atoms with Gasteiger partial charge in [0.2, 0.25) is 6.41 Å². The van der Waals surface area contributed by atoms with Crippen LogP contribution in [-0.4, -0.2) is 66.0 Å². The van der Waals surface area contributed by atoms with E-state index in [1.54, 1.807) is 0 Å². The van der Waals surface area contributed by atoms with E-state index in [1.165, 1.54) is 34.7 Å². The van der Waals surface area contributed by atoms with Gasteiger partial charge in [0.1, 0.15) is 6.04 Å². The molecule has 0 saturated carbocycles. The molecule has 0 aromatic heterocycles. The number of rotatable bonds is 9. The zero-order valence-corrected chi connectivity index (χ0v) is 20.3. The first-order chi connectivity index (χ1) is 16.9. The number of ether oxygens (including phenoxy) is 1. The van der Waals surface area contributed by atoms with E-state index >= 15 is 0 Å². The number of nitrogens with zero attached hydrogens (tertiary/aromatic N) is 1. The fourth-order valence-electron chi connectivity index (χ4n) is 3.34. The molecule has 8 nitrogen and oxygen atoms in total. The van der Waals surface area contributed by atoms with Crippen LogP contribution in [0.2, 0.25) is 0 Å². The Bertz CT molecular complexity index is 950. The SMILES string of the molecule is CC(O)C(NC=O)C(=O)NO.Cc1ccc(/C=C/C=C/c2ccc(CN3CCOCC3)cc2)cc1. The smallest absolute Gasteiger partial charge is 0.268 e. The van der Waals surface area contributed by atoms with Gasteiger partial charge in [-0.15, -0.1) is 0 Å². The Labute approximate surface area is 206 Å². The van der Waals surface area contributed by atoms with Gasteiger partial charge in [-0.25, -0.2) is 5.48 Å². The number of morpholine rings is 1. The van der Waals surface area contributed by atoms with Crippen molar-refractivity contribution in [2.45, 2.75) is 32.5 Å². The number of carbonyl (C=O) groups excluding carboxylic acids is 2. The molecule has 3 rings (SSSR count). The number of allylic oxidation sites excluding steroid dienone is 2. The largest absolute Gasteiger partial charge is 0.391 e. The van der Waals surface area contributed by atoms with Crippen LogP contribution in [0.1, 0.15) is 29.2 Å². The summed E-state index contributed by atoms with van der Waals surface area (Å²) in [4.78, 5) is 22.9. The molecule has 0 aliphatic carbocycles. The van der Waals surface area contributed by atoms with Crippen molar-refractivity contribution < 1.29 is 24.6 Å². The van der Waals surface area contributed by atoms with E-state index in [0.717, 1.165) is 32.8 Å². The average molecular weight is 482 g/mol. The summed E-state index contributed by atoms with van der Waals surface area (Å²) in [6, 6.07) is 16.3. The van der Waals surface area contributed by atoms with E-state index in [0.29, 0.717) is 0 Å². The van der Waals surface area contributed by atoms with E-state index in [9.17, 15) is 9.59 Å². The Kier molecular flexibility index (Phi) is 12.4. The van der Waals surface area contributed by atoms with Gasteiger partial charge >= 0.3 is 0 Å². The lowest BCUT2D eigenvalue weighted by Gasteiger charge is -2.26. The van der Waals surface area contributed by atoms with Crippen molar-refractivity contribution in [3.63, 3.8) is 0 Å². The maximum atomic E-state index is 10.6. The molecule has 2 unspecified atom stereocenters. The molecular formula is C27H35N3O5. The van der Waals surface area contributed by atoms with Crippen LogP contribution in [0.25, 0.3) is 12.2 Å². The molecule has 188 valence electrons. The van der Waals surface area contributed by atoms with Crippen molar-refractivity contribution in [1.82, 2.24) is 15.7 Å². The minimum atomic E-state index is -1.11. The third-order valence-electron chi connectivity index (χ3n) is 5.38. The number of hydrogen-bond donors (Lipinski definition) is 4. The summed E-state index contributed by atoms with van der Waals surface area (Å²) in [5.41, 5.74) is 6.43. The number of hydrogen-bond acceptors (Lipinski definition) is 6. The highest BCUT2D eigenvalue weighted by molar-refractivity contribution is 5.83. The Morgan fingerprint density at radius 1 is 1.03 bits per heavy atom. The van der Waals surface area contributed by atoms with Gasteiger partial charge in [-0.1, -0.05) is 78.4 Å². The fraction of sp³-hybridized carbons (Fsp3) is 0.333. The predicted octanol–water partition coefficient (Wildman–Crippen LogP) is 2.54. The highest BCUT2D eigenvalue weighted by Crippen LogP contribution is 2.11. The average Bonchev–Trinajstić information content (AvgIpc) is 2.87. The Morgan fingerprint density at radius 2 is 1.57 bits per heavy atom. The number of carbonyl (C=O) groups is 2. The van der Waals surface area contributed by atoms with Gasteiger partial charge in [0, 0.05) is 19.6 Å². The first kappa shape index (κ1) is 27.9. The molecule has 2 amide bonds. The summed E-state index contributed by atoms with van der Waals surface area (Å²) in [6.07, 6.45) is 7.68. The van der Waals surface area contributed by atoms with Crippen LogP contribution in [0.4, 0.5) is 0 Å². The molecule has 1 aliphatic heterocycles. The van der Waals surface area contributed by atoms with Crippen LogP contribution < -0.4 is 10.8 Å². The molecule has 35 heavy (non-hydrogen) atoms. The Balaban J connectivity index is 0.000000334. The zero-order valence-electron chi connectivity index (χ0n) is 20.3. The molecule has 1 saturated heterocycles. The molecule has 0 spiro atoms. The van der Waals surface area contributed by atoms with Crippen molar-refractivity contribution in [1.29, 1.82) is 0 Å². The number of amides is 2. The second-order valence-corrected chi connectivity index (χ2v) is 8.24. The van der Waals surface area contributed by atoms with Gasteiger partial charge in [0.05, 0.1) is 19.3 Å². The molecule has 1 heterocycles. The molecule has 4 N–H and O–H groups in total. The van der Waals surface area contributed by atoms with Crippen molar-refractivity contribution >= 4 is 24.5 Å². The molecular weight excluding hydrogens is 446 g/mol. The maximum absolute atomic E-state index is 10.6. The Morgan fingerprint density at radius 3 is 2.06 bits per heavy atom. The Hall–Kier alpha value is -3.30. The monoisotopic (exact) mass is 481 g/mol. The number of aliphatic hydroxyl groups excluding tert-OH is 1. The number of aliphatic hydroxyl groups is 1. The number of benzene rings is 2. The third-order valence-corrected chi connectivity index (χ3v) is 5.38. The minimum absolute atomic E-state index is 0.270. The third kappa shape index (κ3) is 10.7. The second-order valence-electron chi connectivity index (χ2n) is 8.24. The molecule has 8 heteroatoms. The quantitative estimate of drug-likeness (QED) is 0.190. The van der Waals surface area contributed by atoms with E-state index in [2.05, 4.69) is 84.7 Å². The van der Waals surface area contributed by atoms with E-state index < -0.39 is 18.1 Å². The lowest BCUT2D eigenvalue weighted by atomic mass is 10.1.